The van der Waals surface area contributed by atoms with Crippen molar-refractivity contribution in [2.24, 2.45) is 5.14 Å². The third-order valence-corrected chi connectivity index (χ3v) is 10.4. The molecule has 0 saturated carbocycles. The maximum atomic E-state index is 13.8. The smallest absolute Gasteiger partial charge is 0.338 e. The van der Waals surface area contributed by atoms with Crippen LogP contribution in [-0.2, 0) is 34.1 Å². The van der Waals surface area contributed by atoms with Gasteiger partial charge in [0.15, 0.2) is 9.84 Å². The number of benzene rings is 3. The zero-order valence-electron chi connectivity index (χ0n) is 24.4. The van der Waals surface area contributed by atoms with E-state index in [1.54, 1.807) is 63.2 Å². The van der Waals surface area contributed by atoms with Crippen LogP contribution in [0.3, 0.4) is 0 Å². The van der Waals surface area contributed by atoms with Gasteiger partial charge in [0.1, 0.15) is 10.6 Å². The minimum absolute atomic E-state index is 0.0149. The molecule has 13 heteroatoms. The number of nitrogens with two attached hydrogens (primary N) is 1. The van der Waals surface area contributed by atoms with Gasteiger partial charge in [-0.2, -0.15) is 0 Å². The number of rotatable bonds is 9. The standard InChI is InChI=1S/C30H33N3O7S3/c1-19-17-24-25(18-23(19)20-11-13-21(14-12-20)26(34)40-29(2,3)4)41-28(33-24)30(42(5,36)37,22-9-7-6-8-10-22)27(35)32-15-16-43(31,38)39/h6-14,17-18H,15-16H2,1-5H3,(H,32,35)(H2,31,38,39). The summed E-state index contributed by atoms with van der Waals surface area (Å²) in [5.74, 6) is -1.93. The first kappa shape index (κ1) is 32.3. The van der Waals surface area contributed by atoms with Gasteiger partial charge in [-0.1, -0.05) is 42.5 Å². The van der Waals surface area contributed by atoms with Crippen LogP contribution in [0.4, 0.5) is 0 Å². The normalized spacial score (nSPS) is 13.8. The second kappa shape index (κ2) is 11.8. The number of carbonyl (C=O) groups is 2. The van der Waals surface area contributed by atoms with Gasteiger partial charge in [0, 0.05) is 12.8 Å². The van der Waals surface area contributed by atoms with E-state index in [1.165, 1.54) is 12.1 Å². The first-order chi connectivity index (χ1) is 19.9. The molecule has 4 aromatic rings. The summed E-state index contributed by atoms with van der Waals surface area (Å²) in [6, 6.07) is 18.6. The molecule has 0 fully saturated rings. The lowest BCUT2D eigenvalue weighted by molar-refractivity contribution is -0.122. The second-order valence-corrected chi connectivity index (χ2v) is 16.1. The summed E-state index contributed by atoms with van der Waals surface area (Å²) in [7, 11) is -8.14. The van der Waals surface area contributed by atoms with Crippen molar-refractivity contribution in [1.82, 2.24) is 10.3 Å². The number of primary sulfonamides is 1. The molecule has 0 aliphatic rings. The highest BCUT2D eigenvalue weighted by Gasteiger charge is 2.54. The maximum Gasteiger partial charge on any atom is 0.338 e. The number of sulfone groups is 1. The summed E-state index contributed by atoms with van der Waals surface area (Å²) in [6.07, 6.45) is 0.953. The molecular formula is C30H33N3O7S3. The topological polar surface area (TPSA) is 163 Å². The predicted molar refractivity (Wildman–Crippen MR) is 168 cm³/mol. The number of carbonyl (C=O) groups excluding carboxylic acids is 2. The lowest BCUT2D eigenvalue weighted by Crippen LogP contribution is -2.51. The Kier molecular flexibility index (Phi) is 8.85. The van der Waals surface area contributed by atoms with Crippen molar-refractivity contribution in [3.63, 3.8) is 0 Å². The number of sulfonamides is 1. The van der Waals surface area contributed by atoms with Crippen LogP contribution in [0, 0.1) is 6.92 Å². The number of nitrogens with zero attached hydrogens (tertiary/aromatic N) is 1. The van der Waals surface area contributed by atoms with Crippen molar-refractivity contribution >= 4 is 53.3 Å². The molecule has 1 aromatic heterocycles. The Labute approximate surface area is 255 Å². The molecule has 1 unspecified atom stereocenters. The van der Waals surface area contributed by atoms with Gasteiger partial charge in [0.05, 0.1) is 21.5 Å². The van der Waals surface area contributed by atoms with Crippen LogP contribution in [0.15, 0.2) is 66.7 Å². The van der Waals surface area contributed by atoms with Crippen molar-refractivity contribution < 1.29 is 31.2 Å². The van der Waals surface area contributed by atoms with Gasteiger partial charge in [0.2, 0.25) is 14.8 Å². The Morgan fingerprint density at radius 3 is 2.16 bits per heavy atom. The summed E-state index contributed by atoms with van der Waals surface area (Å²) >= 11 is 1.06. The first-order valence-corrected chi connectivity index (χ1v) is 17.6. The lowest BCUT2D eigenvalue weighted by Gasteiger charge is -2.29. The van der Waals surface area contributed by atoms with Crippen LogP contribution in [-0.4, -0.2) is 57.9 Å². The summed E-state index contributed by atoms with van der Waals surface area (Å²) in [5, 5.41) is 7.55. The summed E-state index contributed by atoms with van der Waals surface area (Å²) in [6.45, 7) is 6.90. The van der Waals surface area contributed by atoms with Crippen molar-refractivity contribution in [1.29, 1.82) is 0 Å². The number of ether oxygens (including phenoxy) is 1. The molecule has 0 radical (unpaired) electrons. The van der Waals surface area contributed by atoms with Gasteiger partial charge >= 0.3 is 5.97 Å². The van der Waals surface area contributed by atoms with Crippen LogP contribution in [0.5, 0.6) is 0 Å². The minimum Gasteiger partial charge on any atom is -0.456 e. The fraction of sp³-hybridized carbons (Fsp3) is 0.300. The quantitative estimate of drug-likeness (QED) is 0.259. The molecule has 0 spiro atoms. The molecule has 3 N–H and O–H groups in total. The third-order valence-electron chi connectivity index (χ3n) is 6.59. The Hall–Kier alpha value is -3.65. The predicted octanol–water partition coefficient (Wildman–Crippen LogP) is 3.92. The van der Waals surface area contributed by atoms with E-state index in [2.05, 4.69) is 10.3 Å². The summed E-state index contributed by atoms with van der Waals surface area (Å²) in [5.41, 5.74) is 2.94. The second-order valence-electron chi connectivity index (χ2n) is 11.2. The SMILES string of the molecule is Cc1cc2nc(C(C(=O)NCCS(N)(=O)=O)(c3ccccc3)S(C)(=O)=O)sc2cc1-c1ccc(C(=O)OC(C)(C)C)cc1. The molecule has 0 aliphatic carbocycles. The molecule has 0 bridgehead atoms. The molecule has 0 aliphatic heterocycles. The number of aromatic nitrogens is 1. The molecule has 4 rings (SSSR count). The highest BCUT2D eigenvalue weighted by molar-refractivity contribution is 7.92. The van der Waals surface area contributed by atoms with Crippen LogP contribution in [0.1, 0.15) is 47.3 Å². The fourth-order valence-corrected chi connectivity index (χ4v) is 8.05. The molecule has 1 amide bonds. The van der Waals surface area contributed by atoms with Crippen molar-refractivity contribution in [2.75, 3.05) is 18.6 Å². The zero-order chi connectivity index (χ0) is 31.8. The van der Waals surface area contributed by atoms with Crippen molar-refractivity contribution in [2.45, 2.75) is 38.0 Å². The van der Waals surface area contributed by atoms with Gasteiger partial charge in [-0.3, -0.25) is 4.79 Å². The highest BCUT2D eigenvalue weighted by atomic mass is 32.2. The molecule has 0 saturated heterocycles. The first-order valence-electron chi connectivity index (χ1n) is 13.2. The number of esters is 1. The Morgan fingerprint density at radius 2 is 1.60 bits per heavy atom. The number of fused-ring (bicyclic) bond motifs is 1. The van der Waals surface area contributed by atoms with Gasteiger partial charge in [-0.25, -0.2) is 31.8 Å². The van der Waals surface area contributed by atoms with Crippen molar-refractivity contribution in [3.05, 3.63) is 88.4 Å². The average molecular weight is 644 g/mol. The average Bonchev–Trinajstić information content (AvgIpc) is 3.29. The molecule has 1 heterocycles. The van der Waals surface area contributed by atoms with E-state index in [0.717, 1.165) is 34.3 Å². The third kappa shape index (κ3) is 6.96. The van der Waals surface area contributed by atoms with E-state index in [1.807, 2.05) is 19.1 Å². The van der Waals surface area contributed by atoms with E-state index < -0.39 is 47.8 Å². The molecule has 228 valence electrons. The number of hydrogen-bond acceptors (Lipinski definition) is 9. The number of aryl methyl sites for hydroxylation is 1. The monoisotopic (exact) mass is 643 g/mol. The van der Waals surface area contributed by atoms with Gasteiger partial charge in [-0.15, -0.1) is 11.3 Å². The van der Waals surface area contributed by atoms with E-state index in [4.69, 9.17) is 9.88 Å². The number of hydrogen-bond donors (Lipinski definition) is 2. The van der Waals surface area contributed by atoms with Crippen LogP contribution in [0.2, 0.25) is 0 Å². The Bertz CT molecular complexity index is 1900. The zero-order valence-corrected chi connectivity index (χ0v) is 26.8. The Morgan fingerprint density at radius 1 is 0.977 bits per heavy atom. The lowest BCUT2D eigenvalue weighted by atomic mass is 9.97. The molecular weight excluding hydrogens is 611 g/mol. The number of amides is 1. The van der Waals surface area contributed by atoms with Crippen molar-refractivity contribution in [3.8, 4) is 11.1 Å². The number of nitrogens with one attached hydrogen (secondary N) is 1. The van der Waals surface area contributed by atoms with Crippen LogP contribution < -0.4 is 10.5 Å². The fourth-order valence-electron chi connectivity index (χ4n) is 4.66. The van der Waals surface area contributed by atoms with Gasteiger partial charge < -0.3 is 10.1 Å². The number of thiazole rings is 1. The summed E-state index contributed by atoms with van der Waals surface area (Å²) in [4.78, 5) is 30.9. The van der Waals surface area contributed by atoms with E-state index in [-0.39, 0.29) is 17.1 Å². The van der Waals surface area contributed by atoms with Gasteiger partial charge in [-0.05, 0) is 74.2 Å². The minimum atomic E-state index is -4.23. The Balaban J connectivity index is 1.82. The molecule has 1 atom stereocenters. The highest BCUT2D eigenvalue weighted by Crippen LogP contribution is 2.43. The van der Waals surface area contributed by atoms with E-state index in [0.29, 0.717) is 15.8 Å². The summed E-state index contributed by atoms with van der Waals surface area (Å²) < 4.78 is 54.0. The van der Waals surface area contributed by atoms with E-state index >= 15 is 0 Å². The molecule has 43 heavy (non-hydrogen) atoms. The van der Waals surface area contributed by atoms with Gasteiger partial charge in [0.25, 0.3) is 5.91 Å². The van der Waals surface area contributed by atoms with Crippen LogP contribution in [0.25, 0.3) is 21.3 Å². The van der Waals surface area contributed by atoms with Crippen LogP contribution >= 0.6 is 11.3 Å². The largest absolute Gasteiger partial charge is 0.456 e. The molecule has 10 nitrogen and oxygen atoms in total. The maximum absolute atomic E-state index is 13.8. The molecule has 3 aromatic carbocycles. The van der Waals surface area contributed by atoms with E-state index in [9.17, 15) is 26.4 Å².